The van der Waals surface area contributed by atoms with Crippen LogP contribution in [0, 0.1) is 0 Å². The first-order chi connectivity index (χ1) is 9.84. The molecule has 4 nitrogen and oxygen atoms in total. The lowest BCUT2D eigenvalue weighted by Gasteiger charge is -2.36. The molecule has 0 radical (unpaired) electrons. The SMILES string of the molecule is O=C(O)CNC(=O)C(F)(F)C(F)(F)C(F)(F)C(F)(F)C(F)(F)F. The van der Waals surface area contributed by atoms with Crippen molar-refractivity contribution in [3.05, 3.63) is 0 Å². The van der Waals surface area contributed by atoms with Crippen LogP contribution in [0.15, 0.2) is 0 Å². The van der Waals surface area contributed by atoms with Gasteiger partial charge < -0.3 is 10.4 Å². The summed E-state index contributed by atoms with van der Waals surface area (Å²) in [7, 11) is 0. The van der Waals surface area contributed by atoms with E-state index >= 15 is 0 Å². The Labute approximate surface area is 118 Å². The number of amides is 1. The molecule has 0 bridgehead atoms. The third-order valence-electron chi connectivity index (χ3n) is 2.22. The van der Waals surface area contributed by atoms with Gasteiger partial charge in [-0.15, -0.1) is 0 Å². The molecule has 0 aromatic carbocycles. The van der Waals surface area contributed by atoms with Crippen molar-refractivity contribution in [3.8, 4) is 0 Å². The second kappa shape index (κ2) is 5.67. The molecule has 0 unspecified atom stereocenters. The van der Waals surface area contributed by atoms with E-state index < -0.39 is 48.3 Å². The lowest BCUT2D eigenvalue weighted by atomic mass is 9.97. The highest BCUT2D eigenvalue weighted by molar-refractivity contribution is 5.87. The van der Waals surface area contributed by atoms with E-state index in [2.05, 4.69) is 0 Å². The summed E-state index contributed by atoms with van der Waals surface area (Å²) in [6.45, 7) is -1.81. The van der Waals surface area contributed by atoms with Crippen LogP contribution in [-0.4, -0.2) is 53.4 Å². The van der Waals surface area contributed by atoms with Gasteiger partial charge >= 0.3 is 35.8 Å². The van der Waals surface area contributed by atoms with Gasteiger partial charge in [-0.05, 0) is 0 Å². The molecule has 0 heterocycles. The molecular weight excluding hydrogens is 367 g/mol. The van der Waals surface area contributed by atoms with Crippen LogP contribution in [0.1, 0.15) is 0 Å². The molecule has 23 heavy (non-hydrogen) atoms. The number of aliphatic carboxylic acids is 1. The summed E-state index contributed by atoms with van der Waals surface area (Å²) in [6.07, 6.45) is -7.34. The number of hydrogen-bond acceptors (Lipinski definition) is 2. The summed E-state index contributed by atoms with van der Waals surface area (Å²) in [5.41, 5.74) is 0. The van der Waals surface area contributed by atoms with Gasteiger partial charge in [0.05, 0.1) is 0 Å². The molecule has 0 saturated heterocycles. The fourth-order valence-corrected chi connectivity index (χ4v) is 0.982. The minimum atomic E-state index is -7.72. The van der Waals surface area contributed by atoms with Crippen LogP contribution in [-0.2, 0) is 9.59 Å². The van der Waals surface area contributed by atoms with Gasteiger partial charge in [0.15, 0.2) is 0 Å². The molecule has 0 aliphatic carbocycles. The molecule has 0 saturated carbocycles. The van der Waals surface area contributed by atoms with Gasteiger partial charge in [-0.1, -0.05) is 0 Å². The Morgan fingerprint density at radius 3 is 1.43 bits per heavy atom. The normalized spacial score (nSPS) is 14.6. The largest absolute Gasteiger partial charge is 0.480 e. The third-order valence-corrected chi connectivity index (χ3v) is 2.22. The van der Waals surface area contributed by atoms with E-state index in [4.69, 9.17) is 5.11 Å². The van der Waals surface area contributed by atoms with Crippen LogP contribution < -0.4 is 5.32 Å². The van der Waals surface area contributed by atoms with Crippen molar-refractivity contribution in [2.24, 2.45) is 0 Å². The van der Waals surface area contributed by atoms with Crippen LogP contribution in [0.5, 0.6) is 0 Å². The number of rotatable bonds is 6. The van der Waals surface area contributed by atoms with E-state index in [0.29, 0.717) is 5.32 Å². The van der Waals surface area contributed by atoms with Gasteiger partial charge in [0.25, 0.3) is 5.91 Å². The van der Waals surface area contributed by atoms with Crippen molar-refractivity contribution in [1.29, 1.82) is 0 Å². The topological polar surface area (TPSA) is 66.4 Å². The maximum atomic E-state index is 12.9. The van der Waals surface area contributed by atoms with Crippen LogP contribution in [0.2, 0.25) is 0 Å². The maximum Gasteiger partial charge on any atom is 0.460 e. The Morgan fingerprint density at radius 2 is 1.13 bits per heavy atom. The molecule has 0 aliphatic rings. The number of carbonyl (C=O) groups excluding carboxylic acids is 1. The molecule has 0 aromatic heterocycles. The number of alkyl halides is 11. The van der Waals surface area contributed by atoms with Crippen LogP contribution in [0.3, 0.4) is 0 Å². The molecule has 2 N–H and O–H groups in total. The van der Waals surface area contributed by atoms with Crippen molar-refractivity contribution >= 4 is 11.9 Å². The molecule has 0 aromatic rings. The first-order valence-corrected chi connectivity index (χ1v) is 4.92. The van der Waals surface area contributed by atoms with Crippen molar-refractivity contribution < 1.29 is 63.0 Å². The van der Waals surface area contributed by atoms with Crippen molar-refractivity contribution in [2.75, 3.05) is 6.54 Å². The third kappa shape index (κ3) is 3.26. The van der Waals surface area contributed by atoms with Crippen LogP contribution in [0.25, 0.3) is 0 Å². The van der Waals surface area contributed by atoms with Crippen LogP contribution in [0.4, 0.5) is 48.3 Å². The summed E-state index contributed by atoms with van der Waals surface area (Å²) in [6, 6.07) is 0. The first-order valence-electron chi connectivity index (χ1n) is 4.92. The van der Waals surface area contributed by atoms with Crippen LogP contribution >= 0.6 is 0 Å². The molecular formula is C8H4F11NO3. The predicted octanol–water partition coefficient (Wildman–Crippen LogP) is 2.29. The average molecular weight is 371 g/mol. The lowest BCUT2D eigenvalue weighted by molar-refractivity contribution is -0.417. The van der Waals surface area contributed by atoms with Gasteiger partial charge in [-0.3, -0.25) is 9.59 Å². The van der Waals surface area contributed by atoms with Gasteiger partial charge in [-0.2, -0.15) is 48.3 Å². The highest BCUT2D eigenvalue weighted by Gasteiger charge is 2.88. The maximum absolute atomic E-state index is 12.9. The molecule has 0 rings (SSSR count). The number of nitrogens with one attached hydrogen (secondary N) is 1. The molecule has 0 aliphatic heterocycles. The monoisotopic (exact) mass is 371 g/mol. The Balaban J connectivity index is 5.84. The van der Waals surface area contributed by atoms with Gasteiger partial charge in [0.1, 0.15) is 6.54 Å². The van der Waals surface area contributed by atoms with E-state index in [9.17, 15) is 57.9 Å². The second-order valence-electron chi connectivity index (χ2n) is 3.87. The zero-order chi connectivity index (χ0) is 19.1. The first kappa shape index (κ1) is 21.2. The minimum absolute atomic E-state index is 0.463. The van der Waals surface area contributed by atoms with Gasteiger partial charge in [0.2, 0.25) is 0 Å². The number of carbonyl (C=O) groups is 2. The van der Waals surface area contributed by atoms with Crippen molar-refractivity contribution in [2.45, 2.75) is 29.9 Å². The van der Waals surface area contributed by atoms with E-state index in [1.54, 1.807) is 0 Å². The fourth-order valence-electron chi connectivity index (χ4n) is 0.982. The Hall–Kier alpha value is -1.83. The molecule has 1 amide bonds. The predicted molar refractivity (Wildman–Crippen MR) is 46.5 cm³/mol. The minimum Gasteiger partial charge on any atom is -0.480 e. The standard InChI is InChI=1S/C8H4F11NO3/c9-4(10,3(23)20-1-2(21)22)5(11,12)6(13,14)7(15,16)8(17,18)19/h1H2,(H,20,23)(H,21,22). The van der Waals surface area contributed by atoms with E-state index in [0.717, 1.165) is 0 Å². The molecule has 136 valence electrons. The fraction of sp³-hybridized carbons (Fsp3) is 0.750. The quantitative estimate of drug-likeness (QED) is 0.705. The Morgan fingerprint density at radius 1 is 0.739 bits per heavy atom. The smallest absolute Gasteiger partial charge is 0.460 e. The number of halogens is 11. The average Bonchev–Trinajstić information content (AvgIpc) is 2.33. The Kier molecular flexibility index (Phi) is 5.21. The zero-order valence-corrected chi connectivity index (χ0v) is 10.1. The van der Waals surface area contributed by atoms with Gasteiger partial charge in [0, 0.05) is 0 Å². The summed E-state index contributed by atoms with van der Waals surface area (Å²) >= 11 is 0. The van der Waals surface area contributed by atoms with Crippen molar-refractivity contribution in [1.82, 2.24) is 5.32 Å². The van der Waals surface area contributed by atoms with Crippen molar-refractivity contribution in [3.63, 3.8) is 0 Å². The Bertz CT molecular complexity index is 484. The summed E-state index contributed by atoms with van der Waals surface area (Å²) in [5.74, 6) is -35.2. The second-order valence-corrected chi connectivity index (χ2v) is 3.87. The molecule has 0 spiro atoms. The summed E-state index contributed by atoms with van der Waals surface area (Å²) < 4.78 is 137. The highest BCUT2D eigenvalue weighted by Crippen LogP contribution is 2.57. The number of hydrogen-bond donors (Lipinski definition) is 2. The number of carboxylic acids is 1. The summed E-state index contributed by atoms with van der Waals surface area (Å²) in [4.78, 5) is 20.5. The molecule has 0 fully saturated rings. The lowest BCUT2D eigenvalue weighted by Crippen LogP contribution is -2.69. The number of carboxylic acid groups (broad SMARTS) is 1. The van der Waals surface area contributed by atoms with Gasteiger partial charge in [-0.25, -0.2) is 0 Å². The van der Waals surface area contributed by atoms with E-state index in [1.165, 1.54) is 0 Å². The zero-order valence-electron chi connectivity index (χ0n) is 10.1. The molecule has 0 atom stereocenters. The van der Waals surface area contributed by atoms with E-state index in [1.807, 2.05) is 0 Å². The summed E-state index contributed by atoms with van der Waals surface area (Å²) in [5, 5.41) is 8.43. The van der Waals surface area contributed by atoms with E-state index in [-0.39, 0.29) is 0 Å². The molecule has 15 heteroatoms. The highest BCUT2D eigenvalue weighted by atomic mass is 19.4.